The Bertz CT molecular complexity index is 439. The molecule has 1 aromatic rings. The minimum atomic E-state index is -0.335. The van der Waals surface area contributed by atoms with Gasteiger partial charge < -0.3 is 11.1 Å². The number of nitrogens with two attached hydrogens (primary N) is 1. The molecule has 1 aliphatic rings. The van der Waals surface area contributed by atoms with Crippen molar-refractivity contribution in [3.63, 3.8) is 0 Å². The van der Waals surface area contributed by atoms with Gasteiger partial charge >= 0.3 is 0 Å². The first-order chi connectivity index (χ1) is 8.06. The van der Waals surface area contributed by atoms with E-state index < -0.39 is 0 Å². The first-order valence-corrected chi connectivity index (χ1v) is 6.37. The van der Waals surface area contributed by atoms with Crippen LogP contribution in [0.4, 0.5) is 10.1 Å². The number of nitrogens with one attached hydrogen (secondary N) is 1. The molecular formula is C12H14BrFN2O. The predicted octanol–water partition coefficient (Wildman–Crippen LogP) is 2.65. The Morgan fingerprint density at radius 2 is 2.24 bits per heavy atom. The van der Waals surface area contributed by atoms with Gasteiger partial charge in [-0.05, 0) is 53.4 Å². The minimum Gasteiger partial charge on any atom is -0.328 e. The second-order valence-corrected chi connectivity index (χ2v) is 5.24. The number of amides is 1. The van der Waals surface area contributed by atoms with Crippen LogP contribution in [0.15, 0.2) is 22.7 Å². The van der Waals surface area contributed by atoms with Crippen molar-refractivity contribution in [3.8, 4) is 0 Å². The summed E-state index contributed by atoms with van der Waals surface area (Å²) in [5.74, 6) is -0.398. The molecule has 0 aliphatic heterocycles. The molecule has 5 heteroatoms. The summed E-state index contributed by atoms with van der Waals surface area (Å²) in [6, 6.07) is 4.32. The van der Waals surface area contributed by atoms with Crippen LogP contribution in [0.3, 0.4) is 0 Å². The summed E-state index contributed by atoms with van der Waals surface area (Å²) in [5, 5.41) is 2.79. The molecule has 2 unspecified atom stereocenters. The highest BCUT2D eigenvalue weighted by Crippen LogP contribution is 2.28. The number of hydrogen-bond donors (Lipinski definition) is 2. The van der Waals surface area contributed by atoms with Crippen LogP contribution >= 0.6 is 15.9 Å². The maximum Gasteiger partial charge on any atom is 0.227 e. The lowest BCUT2D eigenvalue weighted by Crippen LogP contribution is -2.23. The summed E-state index contributed by atoms with van der Waals surface area (Å²) in [5.41, 5.74) is 6.36. The summed E-state index contributed by atoms with van der Waals surface area (Å²) in [4.78, 5) is 11.9. The van der Waals surface area contributed by atoms with Crippen LogP contribution in [0.5, 0.6) is 0 Å². The Balaban J connectivity index is 2.03. The fourth-order valence-electron chi connectivity index (χ4n) is 2.08. The molecule has 1 saturated carbocycles. The molecule has 1 fully saturated rings. The van der Waals surface area contributed by atoms with E-state index in [2.05, 4.69) is 21.2 Å². The van der Waals surface area contributed by atoms with E-state index in [1.165, 1.54) is 12.1 Å². The lowest BCUT2D eigenvalue weighted by atomic mass is 10.1. The topological polar surface area (TPSA) is 55.1 Å². The van der Waals surface area contributed by atoms with Crippen LogP contribution in [0.2, 0.25) is 0 Å². The fraction of sp³-hybridized carbons (Fsp3) is 0.417. The second kappa shape index (κ2) is 5.14. The molecule has 0 saturated heterocycles. The van der Waals surface area contributed by atoms with Gasteiger partial charge in [-0.2, -0.15) is 0 Å². The third kappa shape index (κ3) is 3.04. The van der Waals surface area contributed by atoms with E-state index in [1.807, 2.05) is 0 Å². The smallest absolute Gasteiger partial charge is 0.227 e. The van der Waals surface area contributed by atoms with Gasteiger partial charge in [-0.15, -0.1) is 0 Å². The Hall–Kier alpha value is -0.940. The zero-order valence-electron chi connectivity index (χ0n) is 9.25. The van der Waals surface area contributed by atoms with Crippen molar-refractivity contribution in [1.29, 1.82) is 0 Å². The normalized spacial score (nSPS) is 23.7. The molecule has 3 N–H and O–H groups in total. The molecule has 3 nitrogen and oxygen atoms in total. The molecule has 17 heavy (non-hydrogen) atoms. The SMILES string of the molecule is NC1CCC(C(=O)Nc2ccc(F)cc2Br)C1. The Morgan fingerprint density at radius 1 is 1.47 bits per heavy atom. The molecule has 2 atom stereocenters. The number of carbonyl (C=O) groups is 1. The third-order valence-electron chi connectivity index (χ3n) is 3.03. The molecule has 0 spiro atoms. The van der Waals surface area contributed by atoms with Crippen LogP contribution in [0, 0.1) is 11.7 Å². The first-order valence-electron chi connectivity index (χ1n) is 5.58. The zero-order chi connectivity index (χ0) is 12.4. The van der Waals surface area contributed by atoms with Crippen LogP contribution in [-0.4, -0.2) is 11.9 Å². The van der Waals surface area contributed by atoms with Crippen LogP contribution in [0.25, 0.3) is 0 Å². The number of anilines is 1. The van der Waals surface area contributed by atoms with Crippen molar-refractivity contribution in [2.45, 2.75) is 25.3 Å². The lowest BCUT2D eigenvalue weighted by Gasteiger charge is -2.12. The monoisotopic (exact) mass is 300 g/mol. The van der Waals surface area contributed by atoms with Crippen molar-refractivity contribution < 1.29 is 9.18 Å². The van der Waals surface area contributed by atoms with Gasteiger partial charge in [0, 0.05) is 16.4 Å². The highest BCUT2D eigenvalue weighted by Gasteiger charge is 2.27. The van der Waals surface area contributed by atoms with Crippen molar-refractivity contribution in [2.24, 2.45) is 11.7 Å². The van der Waals surface area contributed by atoms with Crippen LogP contribution in [0.1, 0.15) is 19.3 Å². The van der Waals surface area contributed by atoms with E-state index in [0.717, 1.165) is 19.3 Å². The highest BCUT2D eigenvalue weighted by atomic mass is 79.9. The molecule has 0 heterocycles. The highest BCUT2D eigenvalue weighted by molar-refractivity contribution is 9.10. The van der Waals surface area contributed by atoms with E-state index in [1.54, 1.807) is 6.07 Å². The first kappa shape index (κ1) is 12.5. The Labute approximate surface area is 108 Å². The summed E-state index contributed by atoms with van der Waals surface area (Å²) in [6.45, 7) is 0. The summed E-state index contributed by atoms with van der Waals surface area (Å²) >= 11 is 3.22. The summed E-state index contributed by atoms with van der Waals surface area (Å²) in [7, 11) is 0. The minimum absolute atomic E-state index is 0.0260. The van der Waals surface area contributed by atoms with Gasteiger partial charge in [0.05, 0.1) is 5.69 Å². The largest absolute Gasteiger partial charge is 0.328 e. The van der Waals surface area contributed by atoms with E-state index in [9.17, 15) is 9.18 Å². The molecule has 0 radical (unpaired) electrons. The molecule has 2 rings (SSSR count). The van der Waals surface area contributed by atoms with Gasteiger partial charge in [0.15, 0.2) is 0 Å². The number of carbonyl (C=O) groups excluding carboxylic acids is 1. The quantitative estimate of drug-likeness (QED) is 0.882. The molecule has 0 aromatic heterocycles. The van der Waals surface area contributed by atoms with Gasteiger partial charge in [0.25, 0.3) is 0 Å². The van der Waals surface area contributed by atoms with Gasteiger partial charge in [-0.1, -0.05) is 0 Å². The van der Waals surface area contributed by atoms with Gasteiger partial charge in [-0.25, -0.2) is 4.39 Å². The van der Waals surface area contributed by atoms with E-state index in [4.69, 9.17) is 5.73 Å². The number of rotatable bonds is 2. The van der Waals surface area contributed by atoms with Crippen LogP contribution in [-0.2, 0) is 4.79 Å². The molecule has 92 valence electrons. The van der Waals surface area contributed by atoms with E-state index in [-0.39, 0.29) is 23.7 Å². The number of halogens is 2. The molecular weight excluding hydrogens is 287 g/mol. The van der Waals surface area contributed by atoms with Crippen molar-refractivity contribution in [3.05, 3.63) is 28.5 Å². The van der Waals surface area contributed by atoms with Crippen LogP contribution < -0.4 is 11.1 Å². The average molecular weight is 301 g/mol. The Kier molecular flexibility index (Phi) is 3.79. The van der Waals surface area contributed by atoms with Crippen molar-refractivity contribution in [1.82, 2.24) is 0 Å². The number of hydrogen-bond acceptors (Lipinski definition) is 2. The Morgan fingerprint density at radius 3 is 2.82 bits per heavy atom. The fourth-order valence-corrected chi connectivity index (χ4v) is 2.53. The maximum atomic E-state index is 12.9. The van der Waals surface area contributed by atoms with Gasteiger partial charge in [-0.3, -0.25) is 4.79 Å². The average Bonchev–Trinajstić information content (AvgIpc) is 2.69. The number of benzene rings is 1. The third-order valence-corrected chi connectivity index (χ3v) is 3.69. The summed E-state index contributed by atoms with van der Waals surface area (Å²) < 4.78 is 13.4. The maximum absolute atomic E-state index is 12.9. The zero-order valence-corrected chi connectivity index (χ0v) is 10.8. The van der Waals surface area contributed by atoms with Gasteiger partial charge in [0.1, 0.15) is 5.82 Å². The van der Waals surface area contributed by atoms with E-state index >= 15 is 0 Å². The van der Waals surface area contributed by atoms with E-state index in [0.29, 0.717) is 10.2 Å². The van der Waals surface area contributed by atoms with Gasteiger partial charge in [0.2, 0.25) is 5.91 Å². The molecule has 0 bridgehead atoms. The van der Waals surface area contributed by atoms with Crippen molar-refractivity contribution in [2.75, 3.05) is 5.32 Å². The standard InChI is InChI=1S/C12H14BrFN2O/c13-10-6-8(14)2-4-11(10)16-12(17)7-1-3-9(15)5-7/h2,4,6-7,9H,1,3,5,15H2,(H,16,17). The second-order valence-electron chi connectivity index (χ2n) is 4.38. The summed E-state index contributed by atoms with van der Waals surface area (Å²) in [6.07, 6.45) is 2.44. The molecule has 1 aromatic carbocycles. The molecule has 1 aliphatic carbocycles. The van der Waals surface area contributed by atoms with Crippen molar-refractivity contribution >= 4 is 27.5 Å². The molecule has 1 amide bonds. The predicted molar refractivity (Wildman–Crippen MR) is 68.0 cm³/mol. The lowest BCUT2D eigenvalue weighted by molar-refractivity contribution is -0.119.